The first kappa shape index (κ1) is 14.7. The van der Waals surface area contributed by atoms with Crippen LogP contribution in [0.4, 0.5) is 0 Å². The van der Waals surface area contributed by atoms with Crippen LogP contribution in [0.3, 0.4) is 0 Å². The molecule has 3 nitrogen and oxygen atoms in total. The maximum Gasteiger partial charge on any atom is 0.243 e. The number of carbonyl (C=O) groups is 1. The molecule has 0 aliphatic rings. The molecule has 0 aromatic rings. The van der Waals surface area contributed by atoms with Crippen molar-refractivity contribution in [2.45, 2.75) is 19.8 Å². The number of unbranched alkanes of at least 4 members (excludes halogenated alkanes) is 1. The first-order valence-electron chi connectivity index (χ1n) is 4.55. The lowest BCUT2D eigenvalue weighted by molar-refractivity contribution is -0.116. The van der Waals surface area contributed by atoms with E-state index in [4.69, 9.17) is 0 Å². The Hall–Kier alpha value is -0.830. The van der Waals surface area contributed by atoms with E-state index in [1.165, 1.54) is 6.08 Å². The number of rotatable bonds is 4. The van der Waals surface area contributed by atoms with Crippen molar-refractivity contribution < 1.29 is 4.79 Å². The van der Waals surface area contributed by atoms with Gasteiger partial charge in [-0.25, -0.2) is 0 Å². The second kappa shape index (κ2) is 11.2. The van der Waals surface area contributed by atoms with E-state index in [1.807, 2.05) is 26.0 Å². The maximum atomic E-state index is 10.5. The summed E-state index contributed by atoms with van der Waals surface area (Å²) < 4.78 is 0. The predicted molar refractivity (Wildman–Crippen MR) is 57.7 cm³/mol. The minimum atomic E-state index is -0.0801. The molecule has 0 aliphatic carbocycles. The van der Waals surface area contributed by atoms with Gasteiger partial charge in [0, 0.05) is 6.54 Å². The molecule has 0 bridgehead atoms. The van der Waals surface area contributed by atoms with E-state index in [0.717, 1.165) is 19.4 Å². The van der Waals surface area contributed by atoms with Crippen LogP contribution in [-0.2, 0) is 4.79 Å². The summed E-state index contributed by atoms with van der Waals surface area (Å²) >= 11 is 0. The molecule has 0 atom stereocenters. The molecular weight excluding hydrogens is 164 g/mol. The van der Waals surface area contributed by atoms with E-state index in [2.05, 4.69) is 18.8 Å². The Labute approximate surface area is 81.8 Å². The molecule has 0 saturated carbocycles. The van der Waals surface area contributed by atoms with Gasteiger partial charge in [0.05, 0.1) is 0 Å². The zero-order chi connectivity index (χ0) is 10.7. The molecule has 0 rings (SSSR count). The summed E-state index contributed by atoms with van der Waals surface area (Å²) in [6.07, 6.45) is 3.44. The molecule has 1 amide bonds. The molecule has 0 aliphatic heterocycles. The molecule has 13 heavy (non-hydrogen) atoms. The minimum Gasteiger partial charge on any atom is -0.353 e. The van der Waals surface area contributed by atoms with E-state index >= 15 is 0 Å². The number of hydrogen-bond acceptors (Lipinski definition) is 2. The second-order valence-electron chi connectivity index (χ2n) is 3.19. The maximum absolute atomic E-state index is 10.5. The van der Waals surface area contributed by atoms with Crippen LogP contribution in [-0.4, -0.2) is 38.5 Å². The van der Waals surface area contributed by atoms with Crippen LogP contribution in [0, 0.1) is 0 Å². The molecule has 1 N–H and O–H groups in total. The Morgan fingerprint density at radius 3 is 2.23 bits per heavy atom. The summed E-state index contributed by atoms with van der Waals surface area (Å²) in [7, 11) is 6.00. The van der Waals surface area contributed by atoms with Gasteiger partial charge in [0.2, 0.25) is 5.91 Å². The molecule has 0 aromatic heterocycles. The van der Waals surface area contributed by atoms with Gasteiger partial charge in [-0.3, -0.25) is 4.79 Å². The Balaban J connectivity index is 0. The Bertz CT molecular complexity index is 130. The zero-order valence-corrected chi connectivity index (χ0v) is 9.26. The predicted octanol–water partition coefficient (Wildman–Crippen LogP) is 1.27. The van der Waals surface area contributed by atoms with Crippen LogP contribution >= 0.6 is 0 Å². The minimum absolute atomic E-state index is 0.0801. The lowest BCUT2D eigenvalue weighted by Gasteiger charge is -1.97. The fraction of sp³-hybridized carbons (Fsp3) is 0.700. The summed E-state index contributed by atoms with van der Waals surface area (Å²) in [5.74, 6) is -0.0801. The lowest BCUT2D eigenvalue weighted by atomic mass is 10.3. The topological polar surface area (TPSA) is 32.3 Å². The highest BCUT2D eigenvalue weighted by Crippen LogP contribution is 1.81. The van der Waals surface area contributed by atoms with Crippen LogP contribution in [0.25, 0.3) is 0 Å². The molecule has 0 saturated heterocycles. The van der Waals surface area contributed by atoms with Crippen molar-refractivity contribution in [1.82, 2.24) is 10.2 Å². The highest BCUT2D eigenvalue weighted by Gasteiger charge is 1.88. The van der Waals surface area contributed by atoms with E-state index in [9.17, 15) is 4.79 Å². The highest BCUT2D eigenvalue weighted by molar-refractivity contribution is 5.86. The van der Waals surface area contributed by atoms with Gasteiger partial charge in [-0.15, -0.1) is 0 Å². The Kier molecular flexibility index (Phi) is 12.6. The van der Waals surface area contributed by atoms with Crippen LogP contribution in [0.5, 0.6) is 0 Å². The second-order valence-corrected chi connectivity index (χ2v) is 3.19. The first-order valence-corrected chi connectivity index (χ1v) is 4.55. The number of hydrogen-bond donors (Lipinski definition) is 1. The number of amides is 1. The van der Waals surface area contributed by atoms with Crippen LogP contribution < -0.4 is 5.32 Å². The van der Waals surface area contributed by atoms with Gasteiger partial charge in [-0.2, -0.15) is 0 Å². The van der Waals surface area contributed by atoms with Gasteiger partial charge in [-0.1, -0.05) is 19.9 Å². The highest BCUT2D eigenvalue weighted by atomic mass is 16.1. The Morgan fingerprint density at radius 2 is 1.92 bits per heavy atom. The van der Waals surface area contributed by atoms with E-state index < -0.39 is 0 Å². The van der Waals surface area contributed by atoms with Gasteiger partial charge >= 0.3 is 0 Å². The third-order valence-corrected chi connectivity index (χ3v) is 1.01. The molecule has 0 aromatic carbocycles. The van der Waals surface area contributed by atoms with Crippen LogP contribution in [0.1, 0.15) is 19.8 Å². The van der Waals surface area contributed by atoms with Crippen molar-refractivity contribution in [2.75, 3.05) is 27.7 Å². The van der Waals surface area contributed by atoms with Crippen molar-refractivity contribution in [3.63, 3.8) is 0 Å². The van der Waals surface area contributed by atoms with Gasteiger partial charge < -0.3 is 10.2 Å². The van der Waals surface area contributed by atoms with Gasteiger partial charge in [0.15, 0.2) is 0 Å². The van der Waals surface area contributed by atoms with E-state index in [0.29, 0.717) is 0 Å². The Morgan fingerprint density at radius 1 is 1.46 bits per heavy atom. The molecule has 78 valence electrons. The average Bonchev–Trinajstić information content (AvgIpc) is 2.03. The summed E-state index contributed by atoms with van der Waals surface area (Å²) in [5, 5.41) is 2.68. The van der Waals surface area contributed by atoms with E-state index in [1.54, 1.807) is 0 Å². The summed E-state index contributed by atoms with van der Waals surface area (Å²) in [6.45, 7) is 6.18. The molecule has 0 fully saturated rings. The first-order chi connectivity index (χ1) is 6.04. The van der Waals surface area contributed by atoms with Crippen molar-refractivity contribution in [3.8, 4) is 0 Å². The summed E-state index contributed by atoms with van der Waals surface area (Å²) in [4.78, 5) is 12.5. The summed E-state index contributed by atoms with van der Waals surface area (Å²) in [6, 6.07) is 0. The number of nitrogens with zero attached hydrogens (tertiary/aromatic N) is 1. The van der Waals surface area contributed by atoms with Crippen LogP contribution in [0.2, 0.25) is 0 Å². The summed E-state index contributed by atoms with van der Waals surface area (Å²) in [5.41, 5.74) is 0. The molecule has 0 unspecified atom stereocenters. The molecule has 0 spiro atoms. The van der Waals surface area contributed by atoms with E-state index in [-0.39, 0.29) is 5.91 Å². The standard InChI is InChI=1S/C7H13NO.C3H9N/c1-3-5-6-8-7(9)4-2;1-4(2)3/h4H,2-3,5-6H2,1H3,(H,8,9);1-3H3. The molecule has 0 radical (unpaired) electrons. The fourth-order valence-electron chi connectivity index (χ4n) is 0.461. The average molecular weight is 186 g/mol. The number of nitrogens with one attached hydrogen (secondary N) is 1. The van der Waals surface area contributed by atoms with Gasteiger partial charge in [0.1, 0.15) is 0 Å². The molecule has 0 heterocycles. The third kappa shape index (κ3) is 24.7. The van der Waals surface area contributed by atoms with Gasteiger partial charge in [0.25, 0.3) is 0 Å². The third-order valence-electron chi connectivity index (χ3n) is 1.01. The quantitative estimate of drug-likeness (QED) is 0.529. The van der Waals surface area contributed by atoms with Gasteiger partial charge in [-0.05, 0) is 33.6 Å². The van der Waals surface area contributed by atoms with Crippen molar-refractivity contribution in [2.24, 2.45) is 0 Å². The SMILES string of the molecule is C=CC(=O)NCCCC.CN(C)C. The monoisotopic (exact) mass is 186 g/mol. The van der Waals surface area contributed by atoms with Crippen molar-refractivity contribution in [1.29, 1.82) is 0 Å². The van der Waals surface area contributed by atoms with Crippen molar-refractivity contribution >= 4 is 5.91 Å². The zero-order valence-electron chi connectivity index (χ0n) is 9.26. The normalized spacial score (nSPS) is 8.69. The number of carbonyl (C=O) groups excluding carboxylic acids is 1. The smallest absolute Gasteiger partial charge is 0.243 e. The molecule has 3 heteroatoms. The largest absolute Gasteiger partial charge is 0.353 e. The van der Waals surface area contributed by atoms with Crippen LogP contribution in [0.15, 0.2) is 12.7 Å². The lowest BCUT2D eigenvalue weighted by Crippen LogP contribution is -2.21. The van der Waals surface area contributed by atoms with Crippen molar-refractivity contribution in [3.05, 3.63) is 12.7 Å². The fourth-order valence-corrected chi connectivity index (χ4v) is 0.461. The molecular formula is C10H22N2O.